The standard InChI is InChI=1S/C11H21NO3S.ClH/c1-9-6-12-11(2,15-7-9)5-10-3-4-16(13,14)8-10;/h9-10,12H,3-8H2,1-2H3;1H. The van der Waals surface area contributed by atoms with Crippen molar-refractivity contribution in [1.29, 1.82) is 0 Å². The molecule has 102 valence electrons. The van der Waals surface area contributed by atoms with Crippen molar-refractivity contribution in [1.82, 2.24) is 5.32 Å². The summed E-state index contributed by atoms with van der Waals surface area (Å²) >= 11 is 0. The third kappa shape index (κ3) is 4.09. The first-order chi connectivity index (χ1) is 7.39. The summed E-state index contributed by atoms with van der Waals surface area (Å²) in [4.78, 5) is 0. The van der Waals surface area contributed by atoms with Crippen LogP contribution in [0.3, 0.4) is 0 Å². The van der Waals surface area contributed by atoms with Gasteiger partial charge < -0.3 is 4.74 Å². The molecule has 2 saturated heterocycles. The predicted octanol–water partition coefficient (Wildman–Crippen LogP) is 1.21. The molecule has 0 aromatic heterocycles. The van der Waals surface area contributed by atoms with Gasteiger partial charge in [-0.3, -0.25) is 5.32 Å². The number of sulfone groups is 1. The molecule has 0 radical (unpaired) electrons. The molecule has 1 N–H and O–H groups in total. The molecule has 0 aromatic carbocycles. The average Bonchev–Trinajstić information content (AvgIpc) is 2.51. The summed E-state index contributed by atoms with van der Waals surface area (Å²) in [6, 6.07) is 0. The second kappa shape index (κ2) is 5.43. The maximum absolute atomic E-state index is 11.4. The number of halogens is 1. The molecule has 0 amide bonds. The number of hydrogen-bond donors (Lipinski definition) is 1. The highest BCUT2D eigenvalue weighted by atomic mass is 35.5. The van der Waals surface area contributed by atoms with Gasteiger partial charge in [0.25, 0.3) is 0 Å². The Morgan fingerprint density at radius 1 is 1.47 bits per heavy atom. The molecule has 2 fully saturated rings. The second-order valence-electron chi connectivity index (χ2n) is 5.50. The summed E-state index contributed by atoms with van der Waals surface area (Å²) in [5, 5.41) is 3.38. The van der Waals surface area contributed by atoms with E-state index in [1.165, 1.54) is 0 Å². The molecule has 0 aliphatic carbocycles. The summed E-state index contributed by atoms with van der Waals surface area (Å²) < 4.78 is 28.6. The molecule has 2 aliphatic heterocycles. The van der Waals surface area contributed by atoms with Gasteiger partial charge in [0.2, 0.25) is 0 Å². The van der Waals surface area contributed by atoms with Crippen LogP contribution in [0.1, 0.15) is 26.7 Å². The van der Waals surface area contributed by atoms with E-state index in [1.807, 2.05) is 6.92 Å². The van der Waals surface area contributed by atoms with Crippen molar-refractivity contribution >= 4 is 22.2 Å². The topological polar surface area (TPSA) is 55.4 Å². The minimum absolute atomic E-state index is 0. The fraction of sp³-hybridized carbons (Fsp3) is 1.00. The number of ether oxygens (including phenoxy) is 1. The van der Waals surface area contributed by atoms with Crippen LogP contribution in [0.5, 0.6) is 0 Å². The lowest BCUT2D eigenvalue weighted by Gasteiger charge is -2.39. The quantitative estimate of drug-likeness (QED) is 0.828. The monoisotopic (exact) mass is 283 g/mol. The normalized spacial score (nSPS) is 40.8. The van der Waals surface area contributed by atoms with Gasteiger partial charge in [-0.05, 0) is 31.6 Å². The molecule has 2 heterocycles. The lowest BCUT2D eigenvalue weighted by molar-refractivity contribution is -0.111. The van der Waals surface area contributed by atoms with E-state index in [1.54, 1.807) is 0 Å². The second-order valence-corrected chi connectivity index (χ2v) is 7.73. The van der Waals surface area contributed by atoms with Crippen LogP contribution < -0.4 is 5.32 Å². The summed E-state index contributed by atoms with van der Waals surface area (Å²) in [6.07, 6.45) is 1.59. The van der Waals surface area contributed by atoms with Gasteiger partial charge in [-0.15, -0.1) is 12.4 Å². The Kier molecular flexibility index (Phi) is 4.86. The fourth-order valence-corrected chi connectivity index (χ4v) is 4.40. The lowest BCUT2D eigenvalue weighted by Crippen LogP contribution is -2.53. The number of nitrogens with one attached hydrogen (secondary N) is 1. The van der Waals surface area contributed by atoms with E-state index < -0.39 is 9.84 Å². The Morgan fingerprint density at radius 2 is 2.18 bits per heavy atom. The van der Waals surface area contributed by atoms with Crippen molar-refractivity contribution in [3.8, 4) is 0 Å². The van der Waals surface area contributed by atoms with Gasteiger partial charge in [-0.1, -0.05) is 6.92 Å². The minimum atomic E-state index is -2.77. The molecule has 6 heteroatoms. The van der Waals surface area contributed by atoms with Crippen LogP contribution in [0.2, 0.25) is 0 Å². The van der Waals surface area contributed by atoms with Crippen molar-refractivity contribution < 1.29 is 13.2 Å². The molecule has 0 aromatic rings. The Labute approximate surface area is 110 Å². The van der Waals surface area contributed by atoms with E-state index in [2.05, 4.69) is 12.2 Å². The first-order valence-electron chi connectivity index (χ1n) is 5.98. The van der Waals surface area contributed by atoms with Crippen LogP contribution in [0.15, 0.2) is 0 Å². The Balaban J connectivity index is 0.00000144. The third-order valence-corrected chi connectivity index (χ3v) is 5.35. The van der Waals surface area contributed by atoms with Crippen LogP contribution in [0.4, 0.5) is 0 Å². The third-order valence-electron chi connectivity index (χ3n) is 3.52. The smallest absolute Gasteiger partial charge is 0.150 e. The molecule has 0 saturated carbocycles. The van der Waals surface area contributed by atoms with E-state index in [-0.39, 0.29) is 24.0 Å². The molecule has 17 heavy (non-hydrogen) atoms. The molecule has 4 nitrogen and oxygen atoms in total. The Hall–Kier alpha value is 0.160. The molecule has 2 aliphatic rings. The highest BCUT2D eigenvalue weighted by Crippen LogP contribution is 2.29. The molecule has 0 spiro atoms. The van der Waals surface area contributed by atoms with Crippen molar-refractivity contribution in [3.63, 3.8) is 0 Å². The fourth-order valence-electron chi connectivity index (χ4n) is 2.54. The van der Waals surface area contributed by atoms with Crippen LogP contribution in [0.25, 0.3) is 0 Å². The van der Waals surface area contributed by atoms with Gasteiger partial charge >= 0.3 is 0 Å². The van der Waals surface area contributed by atoms with E-state index in [4.69, 9.17) is 4.74 Å². The van der Waals surface area contributed by atoms with Gasteiger partial charge in [-0.2, -0.15) is 0 Å². The Bertz CT molecular complexity index is 350. The van der Waals surface area contributed by atoms with Crippen molar-refractivity contribution in [3.05, 3.63) is 0 Å². The molecular formula is C11H22ClNO3S. The number of hydrogen-bond acceptors (Lipinski definition) is 4. The van der Waals surface area contributed by atoms with Crippen molar-refractivity contribution in [2.24, 2.45) is 11.8 Å². The molecule has 2 rings (SSSR count). The predicted molar refractivity (Wildman–Crippen MR) is 70.1 cm³/mol. The van der Waals surface area contributed by atoms with Crippen LogP contribution in [-0.2, 0) is 14.6 Å². The summed E-state index contributed by atoms with van der Waals surface area (Å²) in [5.41, 5.74) is -0.322. The number of rotatable bonds is 2. The van der Waals surface area contributed by atoms with E-state index in [0.717, 1.165) is 26.0 Å². The van der Waals surface area contributed by atoms with Crippen molar-refractivity contribution in [2.45, 2.75) is 32.4 Å². The van der Waals surface area contributed by atoms with Crippen LogP contribution in [0, 0.1) is 11.8 Å². The van der Waals surface area contributed by atoms with Crippen LogP contribution >= 0.6 is 12.4 Å². The summed E-state index contributed by atoms with van der Waals surface area (Å²) in [7, 11) is -2.77. The van der Waals surface area contributed by atoms with Crippen molar-refractivity contribution in [2.75, 3.05) is 24.7 Å². The molecule has 3 unspecified atom stereocenters. The van der Waals surface area contributed by atoms with E-state index in [9.17, 15) is 8.42 Å². The van der Waals surface area contributed by atoms with Gasteiger partial charge in [0, 0.05) is 6.54 Å². The average molecular weight is 284 g/mol. The van der Waals surface area contributed by atoms with Crippen LogP contribution in [-0.4, -0.2) is 38.8 Å². The highest BCUT2D eigenvalue weighted by molar-refractivity contribution is 7.91. The zero-order valence-electron chi connectivity index (χ0n) is 10.4. The van der Waals surface area contributed by atoms with Gasteiger partial charge in [-0.25, -0.2) is 8.42 Å². The maximum Gasteiger partial charge on any atom is 0.150 e. The zero-order valence-corrected chi connectivity index (χ0v) is 12.1. The van der Waals surface area contributed by atoms with Gasteiger partial charge in [0.1, 0.15) is 5.72 Å². The molecular weight excluding hydrogens is 262 g/mol. The summed E-state index contributed by atoms with van der Waals surface area (Å²) in [6.45, 7) is 5.90. The minimum Gasteiger partial charge on any atom is -0.361 e. The largest absolute Gasteiger partial charge is 0.361 e. The first-order valence-corrected chi connectivity index (χ1v) is 7.80. The highest BCUT2D eigenvalue weighted by Gasteiger charge is 2.37. The van der Waals surface area contributed by atoms with E-state index >= 15 is 0 Å². The first kappa shape index (κ1) is 15.2. The lowest BCUT2D eigenvalue weighted by atomic mass is 9.95. The maximum atomic E-state index is 11.4. The van der Waals surface area contributed by atoms with Gasteiger partial charge in [0.05, 0.1) is 18.1 Å². The SMILES string of the molecule is CC1CNC(C)(CC2CCS(=O)(=O)C2)OC1.Cl. The van der Waals surface area contributed by atoms with E-state index in [0.29, 0.717) is 17.4 Å². The zero-order chi connectivity index (χ0) is 11.8. The van der Waals surface area contributed by atoms with Gasteiger partial charge in [0.15, 0.2) is 9.84 Å². The molecule has 0 bridgehead atoms. The summed E-state index contributed by atoms with van der Waals surface area (Å²) in [5.74, 6) is 1.49. The Morgan fingerprint density at radius 3 is 2.65 bits per heavy atom. The molecule has 3 atom stereocenters.